The summed E-state index contributed by atoms with van der Waals surface area (Å²) in [6.45, 7) is 1.13. The van der Waals surface area contributed by atoms with Crippen LogP contribution in [0, 0.1) is 5.41 Å². The predicted molar refractivity (Wildman–Crippen MR) is 71.0 cm³/mol. The second-order valence-electron chi connectivity index (χ2n) is 5.13. The summed E-state index contributed by atoms with van der Waals surface area (Å²) < 4.78 is 0. The zero-order chi connectivity index (χ0) is 11.6. The van der Waals surface area contributed by atoms with E-state index >= 15 is 0 Å². The van der Waals surface area contributed by atoms with E-state index < -0.39 is 0 Å². The van der Waals surface area contributed by atoms with Crippen LogP contribution in [-0.2, 0) is 0 Å². The zero-order valence-corrected chi connectivity index (χ0v) is 11.3. The number of thiophene rings is 1. The first-order valence-electron chi connectivity index (χ1n) is 6.04. The number of nitrogens with zero attached hydrogens (tertiary/aromatic N) is 1. The third-order valence-electron chi connectivity index (χ3n) is 3.79. The highest BCUT2D eigenvalue weighted by Gasteiger charge is 2.45. The molecule has 90 valence electrons. The van der Waals surface area contributed by atoms with Crippen molar-refractivity contribution in [2.75, 3.05) is 27.7 Å². The van der Waals surface area contributed by atoms with Gasteiger partial charge in [-0.25, -0.2) is 0 Å². The smallest absolute Gasteiger partial charge is 0.0504 e. The minimum atomic E-state index is 0.461. The van der Waals surface area contributed by atoms with Crippen LogP contribution >= 0.6 is 11.3 Å². The van der Waals surface area contributed by atoms with Gasteiger partial charge in [0.2, 0.25) is 0 Å². The Balaban J connectivity index is 2.25. The van der Waals surface area contributed by atoms with Gasteiger partial charge in [-0.05, 0) is 45.4 Å². The predicted octanol–water partition coefficient (Wildman–Crippen LogP) is 2.74. The van der Waals surface area contributed by atoms with E-state index in [9.17, 15) is 0 Å². The third-order valence-corrected chi connectivity index (χ3v) is 4.71. The molecule has 1 aliphatic carbocycles. The van der Waals surface area contributed by atoms with Gasteiger partial charge in [-0.1, -0.05) is 12.5 Å². The van der Waals surface area contributed by atoms with Gasteiger partial charge in [0, 0.05) is 16.8 Å². The Labute approximate surface area is 103 Å². The minimum Gasteiger partial charge on any atom is -0.319 e. The molecule has 2 rings (SSSR count). The maximum Gasteiger partial charge on any atom is 0.0504 e. The fraction of sp³-hybridized carbons (Fsp3) is 0.692. The molecule has 0 radical (unpaired) electrons. The highest BCUT2D eigenvalue weighted by molar-refractivity contribution is 7.10. The molecule has 3 heteroatoms. The molecular weight excluding hydrogens is 216 g/mol. The van der Waals surface area contributed by atoms with E-state index in [1.54, 1.807) is 0 Å². The Morgan fingerprint density at radius 1 is 1.50 bits per heavy atom. The molecule has 2 nitrogen and oxygen atoms in total. The fourth-order valence-corrected chi connectivity index (χ4v) is 4.14. The summed E-state index contributed by atoms with van der Waals surface area (Å²) in [6.07, 6.45) is 4.10. The van der Waals surface area contributed by atoms with Gasteiger partial charge in [0.15, 0.2) is 0 Å². The highest BCUT2D eigenvalue weighted by Crippen LogP contribution is 2.52. The molecule has 16 heavy (non-hydrogen) atoms. The average Bonchev–Trinajstić information content (AvgIpc) is 2.67. The molecule has 1 aromatic rings. The normalized spacial score (nSPS) is 20.8. The van der Waals surface area contributed by atoms with E-state index in [0.29, 0.717) is 11.5 Å². The van der Waals surface area contributed by atoms with E-state index in [2.05, 4.69) is 48.9 Å². The van der Waals surface area contributed by atoms with Gasteiger partial charge in [-0.2, -0.15) is 0 Å². The maximum atomic E-state index is 3.39. The van der Waals surface area contributed by atoms with Gasteiger partial charge in [0.1, 0.15) is 0 Å². The monoisotopic (exact) mass is 238 g/mol. The SMILES string of the molecule is CNCC1(C(c2cccs2)N(C)C)CCC1. The lowest BCUT2D eigenvalue weighted by molar-refractivity contribution is 0.0236. The van der Waals surface area contributed by atoms with Crippen LogP contribution in [0.2, 0.25) is 0 Å². The molecule has 0 spiro atoms. The quantitative estimate of drug-likeness (QED) is 0.848. The molecule has 0 bridgehead atoms. The van der Waals surface area contributed by atoms with Crippen molar-refractivity contribution in [3.8, 4) is 0 Å². The number of hydrogen-bond acceptors (Lipinski definition) is 3. The molecule has 1 aromatic heterocycles. The van der Waals surface area contributed by atoms with E-state index in [4.69, 9.17) is 0 Å². The molecular formula is C13H22N2S. The second-order valence-corrected chi connectivity index (χ2v) is 6.11. The molecule has 1 saturated carbocycles. The molecule has 0 saturated heterocycles. The van der Waals surface area contributed by atoms with Gasteiger partial charge >= 0.3 is 0 Å². The first kappa shape index (κ1) is 12.1. The Morgan fingerprint density at radius 2 is 2.25 bits per heavy atom. The number of nitrogens with one attached hydrogen (secondary N) is 1. The molecule has 1 aliphatic rings. The van der Waals surface area contributed by atoms with Crippen LogP contribution in [0.25, 0.3) is 0 Å². The van der Waals surface area contributed by atoms with E-state index in [-0.39, 0.29) is 0 Å². The fourth-order valence-electron chi connectivity index (χ4n) is 3.08. The minimum absolute atomic E-state index is 0.461. The topological polar surface area (TPSA) is 15.3 Å². The van der Waals surface area contributed by atoms with E-state index in [1.165, 1.54) is 24.1 Å². The molecule has 1 heterocycles. The molecule has 0 amide bonds. The van der Waals surface area contributed by atoms with Crippen LogP contribution in [-0.4, -0.2) is 32.6 Å². The van der Waals surface area contributed by atoms with Gasteiger partial charge in [0.25, 0.3) is 0 Å². The van der Waals surface area contributed by atoms with Crippen LogP contribution in [0.15, 0.2) is 17.5 Å². The average molecular weight is 238 g/mol. The van der Waals surface area contributed by atoms with Gasteiger partial charge in [0.05, 0.1) is 6.04 Å². The van der Waals surface area contributed by atoms with Crippen LogP contribution in [0.3, 0.4) is 0 Å². The summed E-state index contributed by atoms with van der Waals surface area (Å²) in [5.41, 5.74) is 0.461. The van der Waals surface area contributed by atoms with E-state index in [0.717, 1.165) is 6.54 Å². The molecule has 1 fully saturated rings. The first-order chi connectivity index (χ1) is 7.69. The van der Waals surface area contributed by atoms with Gasteiger partial charge in [-0.15, -0.1) is 11.3 Å². The largest absolute Gasteiger partial charge is 0.319 e. The van der Waals surface area contributed by atoms with Crippen molar-refractivity contribution in [2.45, 2.75) is 25.3 Å². The first-order valence-corrected chi connectivity index (χ1v) is 6.92. The van der Waals surface area contributed by atoms with Crippen molar-refractivity contribution >= 4 is 11.3 Å². The van der Waals surface area contributed by atoms with Crippen molar-refractivity contribution < 1.29 is 0 Å². The van der Waals surface area contributed by atoms with Crippen molar-refractivity contribution in [3.63, 3.8) is 0 Å². The van der Waals surface area contributed by atoms with Crippen molar-refractivity contribution in [2.24, 2.45) is 5.41 Å². The molecule has 1 atom stereocenters. The summed E-state index contributed by atoms with van der Waals surface area (Å²) in [6, 6.07) is 5.03. The Kier molecular flexibility index (Phi) is 3.67. The second kappa shape index (κ2) is 4.86. The molecule has 1 N–H and O–H groups in total. The third kappa shape index (κ3) is 2.04. The van der Waals surface area contributed by atoms with Crippen molar-refractivity contribution in [1.82, 2.24) is 10.2 Å². The summed E-state index contributed by atoms with van der Waals surface area (Å²) in [4.78, 5) is 3.91. The number of hydrogen-bond donors (Lipinski definition) is 1. The van der Waals surface area contributed by atoms with Crippen LogP contribution in [0.4, 0.5) is 0 Å². The standard InChI is InChI=1S/C13H22N2S/c1-14-10-13(7-5-8-13)12(15(2)3)11-6-4-9-16-11/h4,6,9,12,14H,5,7-8,10H2,1-3H3. The summed E-state index contributed by atoms with van der Waals surface area (Å²) >= 11 is 1.89. The molecule has 0 aliphatic heterocycles. The van der Waals surface area contributed by atoms with Gasteiger partial charge < -0.3 is 10.2 Å². The summed E-state index contributed by atoms with van der Waals surface area (Å²) in [7, 11) is 6.49. The highest BCUT2D eigenvalue weighted by atomic mass is 32.1. The summed E-state index contributed by atoms with van der Waals surface area (Å²) in [5.74, 6) is 0. The maximum absolute atomic E-state index is 3.39. The van der Waals surface area contributed by atoms with Crippen LogP contribution < -0.4 is 5.32 Å². The number of rotatable bonds is 5. The molecule has 0 aromatic carbocycles. The lowest BCUT2D eigenvalue weighted by Crippen LogP contribution is -2.48. The van der Waals surface area contributed by atoms with Crippen molar-refractivity contribution in [3.05, 3.63) is 22.4 Å². The molecule has 1 unspecified atom stereocenters. The Hall–Kier alpha value is -0.380. The van der Waals surface area contributed by atoms with Crippen LogP contribution in [0.5, 0.6) is 0 Å². The van der Waals surface area contributed by atoms with Gasteiger partial charge in [-0.3, -0.25) is 0 Å². The zero-order valence-electron chi connectivity index (χ0n) is 10.5. The Bertz CT molecular complexity index is 315. The van der Waals surface area contributed by atoms with Crippen LogP contribution in [0.1, 0.15) is 30.2 Å². The van der Waals surface area contributed by atoms with Crippen molar-refractivity contribution in [1.29, 1.82) is 0 Å². The van der Waals surface area contributed by atoms with E-state index in [1.807, 2.05) is 11.3 Å². The Morgan fingerprint density at radius 3 is 2.62 bits per heavy atom. The summed E-state index contributed by atoms with van der Waals surface area (Å²) in [5, 5.41) is 5.58. The lowest BCUT2D eigenvalue weighted by atomic mass is 9.63. The lowest BCUT2D eigenvalue weighted by Gasteiger charge is -2.50.